The number of nitrogen functional groups attached to an aromatic ring is 1. The second kappa shape index (κ2) is 4.43. The minimum absolute atomic E-state index is 0. The van der Waals surface area contributed by atoms with E-state index in [1.807, 2.05) is 0 Å². The van der Waals surface area contributed by atoms with Crippen molar-refractivity contribution in [3.63, 3.8) is 0 Å². The first-order chi connectivity index (χ1) is 4.34. The molecule has 0 aromatic heterocycles. The molecule has 0 aliphatic heterocycles. The standard InChI is InChI=1S/C7H5N2.Y/c1-9-7-5-3-2-4-6(7)8;/h2,4-5H,8H2;/q-1;+3. The Morgan fingerprint density at radius 1 is 1.60 bits per heavy atom. The first-order valence-electron chi connectivity index (χ1n) is 2.47. The van der Waals surface area contributed by atoms with E-state index in [1.54, 1.807) is 18.2 Å². The summed E-state index contributed by atoms with van der Waals surface area (Å²) in [6.45, 7) is 6.61. The maximum Gasteiger partial charge on any atom is 3.00 e. The summed E-state index contributed by atoms with van der Waals surface area (Å²) < 4.78 is 0. The third-order valence-corrected chi connectivity index (χ3v) is 0.995. The van der Waals surface area contributed by atoms with Gasteiger partial charge in [-0.15, -0.1) is 6.07 Å². The van der Waals surface area contributed by atoms with Crippen LogP contribution in [-0.2, 0) is 32.7 Å². The van der Waals surface area contributed by atoms with Crippen LogP contribution in [0.15, 0.2) is 18.2 Å². The molecule has 0 aliphatic rings. The van der Waals surface area contributed by atoms with Crippen LogP contribution in [0.3, 0.4) is 0 Å². The smallest absolute Gasteiger partial charge is 0.413 e. The predicted molar refractivity (Wildman–Crippen MR) is 36.0 cm³/mol. The Balaban J connectivity index is 0.000000810. The number of nitrogens with zero attached hydrogens (tertiary/aromatic N) is 1. The van der Waals surface area contributed by atoms with Crippen molar-refractivity contribution in [3.05, 3.63) is 35.7 Å². The fourth-order valence-corrected chi connectivity index (χ4v) is 0.530. The van der Waals surface area contributed by atoms with Gasteiger partial charge in [0.25, 0.3) is 0 Å². The normalized spacial score (nSPS) is 7.50. The summed E-state index contributed by atoms with van der Waals surface area (Å²) in [5.41, 5.74) is 6.38. The molecular formula is C7H5N2Y+2. The van der Waals surface area contributed by atoms with Gasteiger partial charge in [-0.05, 0) is 0 Å². The average Bonchev–Trinajstić information content (AvgIpc) is 1.89. The molecule has 0 heterocycles. The van der Waals surface area contributed by atoms with E-state index >= 15 is 0 Å². The van der Waals surface area contributed by atoms with Crippen LogP contribution in [0.25, 0.3) is 4.85 Å². The maximum absolute atomic E-state index is 6.61. The topological polar surface area (TPSA) is 30.4 Å². The van der Waals surface area contributed by atoms with Gasteiger partial charge in [-0.25, -0.2) is 4.85 Å². The molecule has 0 spiro atoms. The quantitative estimate of drug-likeness (QED) is 0.507. The fourth-order valence-electron chi connectivity index (χ4n) is 0.530. The number of hydrogen-bond acceptors (Lipinski definition) is 1. The number of rotatable bonds is 0. The number of anilines is 1. The zero-order valence-electron chi connectivity index (χ0n) is 5.33. The van der Waals surface area contributed by atoms with E-state index < -0.39 is 0 Å². The molecule has 0 bridgehead atoms. The Bertz CT molecular complexity index is 252. The van der Waals surface area contributed by atoms with Gasteiger partial charge in [-0.3, -0.25) is 0 Å². The van der Waals surface area contributed by atoms with Crippen LogP contribution >= 0.6 is 0 Å². The molecule has 0 fully saturated rings. The van der Waals surface area contributed by atoms with Crippen LogP contribution in [-0.4, -0.2) is 0 Å². The summed E-state index contributed by atoms with van der Waals surface area (Å²) >= 11 is 0. The van der Waals surface area contributed by atoms with Crippen molar-refractivity contribution >= 4 is 11.4 Å². The molecule has 0 atom stereocenters. The second-order valence-electron chi connectivity index (χ2n) is 1.60. The zero-order chi connectivity index (χ0) is 6.69. The van der Waals surface area contributed by atoms with Crippen LogP contribution in [0.5, 0.6) is 0 Å². The number of hydrogen-bond donors (Lipinski definition) is 1. The summed E-state index contributed by atoms with van der Waals surface area (Å²) in [5.74, 6) is 0. The average molecular weight is 206 g/mol. The fraction of sp³-hybridized carbons (Fsp3) is 0. The molecule has 0 saturated heterocycles. The molecule has 1 aromatic carbocycles. The summed E-state index contributed by atoms with van der Waals surface area (Å²) in [4.78, 5) is 3.16. The van der Waals surface area contributed by atoms with Gasteiger partial charge in [0.05, 0.1) is 0 Å². The van der Waals surface area contributed by atoms with Crippen molar-refractivity contribution in [1.82, 2.24) is 0 Å². The minimum atomic E-state index is 0. The third kappa shape index (κ3) is 2.09. The summed E-state index contributed by atoms with van der Waals surface area (Å²) in [6, 6.07) is 7.68. The van der Waals surface area contributed by atoms with E-state index in [0.717, 1.165) is 0 Å². The SMILES string of the molecule is [C-]#[N+]c1c[c-]ccc1N.[Y+3]. The molecule has 2 N–H and O–H groups in total. The van der Waals surface area contributed by atoms with Gasteiger partial charge < -0.3 is 5.73 Å². The predicted octanol–water partition coefficient (Wildman–Crippen LogP) is 1.62. The van der Waals surface area contributed by atoms with Crippen LogP contribution in [0.4, 0.5) is 11.4 Å². The summed E-state index contributed by atoms with van der Waals surface area (Å²) in [6.07, 6.45) is 0. The Morgan fingerprint density at radius 3 is 2.70 bits per heavy atom. The first kappa shape index (κ1) is 9.61. The molecule has 44 valence electrons. The molecule has 0 radical (unpaired) electrons. The third-order valence-electron chi connectivity index (χ3n) is 0.995. The van der Waals surface area contributed by atoms with Gasteiger partial charge in [-0.1, -0.05) is 6.07 Å². The molecule has 0 saturated carbocycles. The molecule has 1 rings (SSSR count). The van der Waals surface area contributed by atoms with Crippen LogP contribution < -0.4 is 5.73 Å². The van der Waals surface area contributed by atoms with Crippen molar-refractivity contribution in [2.75, 3.05) is 5.73 Å². The molecule has 2 nitrogen and oxygen atoms in total. The van der Waals surface area contributed by atoms with Crippen LogP contribution in [0.2, 0.25) is 0 Å². The van der Waals surface area contributed by atoms with Crippen LogP contribution in [0, 0.1) is 12.6 Å². The minimum Gasteiger partial charge on any atom is -0.413 e. The van der Waals surface area contributed by atoms with Gasteiger partial charge in [0.2, 0.25) is 5.69 Å². The number of benzene rings is 1. The van der Waals surface area contributed by atoms with Gasteiger partial charge in [-0.2, -0.15) is 12.1 Å². The largest absolute Gasteiger partial charge is 3.00 e. The van der Waals surface area contributed by atoms with E-state index in [4.69, 9.17) is 12.3 Å². The molecule has 0 amide bonds. The molecular weight excluding hydrogens is 201 g/mol. The van der Waals surface area contributed by atoms with E-state index in [9.17, 15) is 0 Å². The van der Waals surface area contributed by atoms with Crippen LogP contribution in [0.1, 0.15) is 0 Å². The second-order valence-corrected chi connectivity index (χ2v) is 1.60. The van der Waals surface area contributed by atoms with Gasteiger partial charge in [0.1, 0.15) is 6.57 Å². The van der Waals surface area contributed by atoms with E-state index in [0.29, 0.717) is 11.4 Å². The van der Waals surface area contributed by atoms with E-state index in [-0.39, 0.29) is 32.7 Å². The summed E-state index contributed by atoms with van der Waals surface area (Å²) in [7, 11) is 0. The van der Waals surface area contributed by atoms with Gasteiger partial charge >= 0.3 is 32.7 Å². The number of nitrogens with two attached hydrogens (primary N) is 1. The Morgan fingerprint density at radius 2 is 2.30 bits per heavy atom. The van der Waals surface area contributed by atoms with Crippen molar-refractivity contribution in [2.24, 2.45) is 0 Å². The Labute approximate surface area is 85.1 Å². The molecule has 0 aliphatic carbocycles. The van der Waals surface area contributed by atoms with Crippen molar-refractivity contribution in [3.8, 4) is 0 Å². The first-order valence-corrected chi connectivity index (χ1v) is 2.47. The van der Waals surface area contributed by atoms with Gasteiger partial charge in [0.15, 0.2) is 0 Å². The van der Waals surface area contributed by atoms with Crippen molar-refractivity contribution in [2.45, 2.75) is 0 Å². The molecule has 10 heavy (non-hydrogen) atoms. The van der Waals surface area contributed by atoms with E-state index in [1.165, 1.54) is 0 Å². The van der Waals surface area contributed by atoms with Crippen molar-refractivity contribution < 1.29 is 32.7 Å². The van der Waals surface area contributed by atoms with Crippen molar-refractivity contribution in [1.29, 1.82) is 0 Å². The monoisotopic (exact) mass is 206 g/mol. The Hall–Kier alpha value is -0.386. The molecule has 0 unspecified atom stereocenters. The van der Waals surface area contributed by atoms with E-state index in [2.05, 4.69) is 10.9 Å². The summed E-state index contributed by atoms with van der Waals surface area (Å²) in [5, 5.41) is 0. The molecule has 1 aromatic rings. The molecule has 3 heteroatoms. The Kier molecular flexibility index (Phi) is 4.26. The maximum atomic E-state index is 6.61. The van der Waals surface area contributed by atoms with Gasteiger partial charge in [0, 0.05) is 5.69 Å². The zero-order valence-corrected chi connectivity index (χ0v) is 8.17.